The molecule has 2 aromatic rings. The van der Waals surface area contributed by atoms with Crippen molar-refractivity contribution in [3.63, 3.8) is 0 Å². The molecule has 136 valence electrons. The number of rotatable bonds is 2. The summed E-state index contributed by atoms with van der Waals surface area (Å²) in [5, 5.41) is 9.02. The van der Waals surface area contributed by atoms with Crippen molar-refractivity contribution in [2.75, 3.05) is 6.54 Å². The summed E-state index contributed by atoms with van der Waals surface area (Å²) in [7, 11) is 0. The van der Waals surface area contributed by atoms with Crippen molar-refractivity contribution in [2.45, 2.75) is 26.8 Å². The van der Waals surface area contributed by atoms with Crippen molar-refractivity contribution in [1.29, 1.82) is 5.26 Å². The fourth-order valence-electron chi connectivity index (χ4n) is 3.52. The molecule has 0 bridgehead atoms. The Kier molecular flexibility index (Phi) is 4.24. The van der Waals surface area contributed by atoms with Gasteiger partial charge in [0, 0.05) is 48.7 Å². The van der Waals surface area contributed by atoms with Gasteiger partial charge in [0.05, 0.1) is 0 Å². The predicted octanol–water partition coefficient (Wildman–Crippen LogP) is 2.70. The molecule has 7 heteroatoms. The second kappa shape index (κ2) is 6.72. The number of hydrazine groups is 1. The lowest BCUT2D eigenvalue weighted by Gasteiger charge is -2.35. The van der Waals surface area contributed by atoms with Gasteiger partial charge in [0.2, 0.25) is 5.95 Å². The Morgan fingerprint density at radius 1 is 1.19 bits per heavy atom. The molecular formula is C20H19FN6. The number of allylic oxidation sites excluding steroid dienone is 3. The third-order valence-corrected chi connectivity index (χ3v) is 4.91. The van der Waals surface area contributed by atoms with Crippen LogP contribution in [0.15, 0.2) is 47.7 Å². The summed E-state index contributed by atoms with van der Waals surface area (Å²) < 4.78 is 13.3. The Labute approximate surface area is 157 Å². The van der Waals surface area contributed by atoms with Gasteiger partial charge in [0.1, 0.15) is 17.6 Å². The first-order valence-electron chi connectivity index (χ1n) is 8.75. The van der Waals surface area contributed by atoms with Crippen LogP contribution < -0.4 is 10.9 Å². The van der Waals surface area contributed by atoms with Gasteiger partial charge in [-0.15, -0.1) is 0 Å². The van der Waals surface area contributed by atoms with Crippen LogP contribution in [0.2, 0.25) is 0 Å². The Morgan fingerprint density at radius 3 is 2.78 bits per heavy atom. The minimum atomic E-state index is -0.476. The highest BCUT2D eigenvalue weighted by Crippen LogP contribution is 2.28. The largest absolute Gasteiger partial charge is 0.352 e. The molecule has 0 aliphatic carbocycles. The van der Waals surface area contributed by atoms with Gasteiger partial charge in [0.25, 0.3) is 0 Å². The maximum absolute atomic E-state index is 13.3. The van der Waals surface area contributed by atoms with Crippen molar-refractivity contribution in [3.05, 3.63) is 70.5 Å². The summed E-state index contributed by atoms with van der Waals surface area (Å²) in [5.41, 5.74) is 12.4. The smallest absolute Gasteiger partial charge is 0.213 e. The molecule has 0 unspecified atom stereocenters. The maximum atomic E-state index is 13.3. The fourth-order valence-corrected chi connectivity index (χ4v) is 3.52. The minimum absolute atomic E-state index is 0.476. The summed E-state index contributed by atoms with van der Waals surface area (Å²) in [4.78, 5) is 10.6. The Bertz CT molecular complexity index is 1020. The van der Waals surface area contributed by atoms with Crippen LogP contribution in [0.25, 0.3) is 11.1 Å². The first-order chi connectivity index (χ1) is 13.0. The molecule has 27 heavy (non-hydrogen) atoms. The van der Waals surface area contributed by atoms with Crippen molar-refractivity contribution in [2.24, 2.45) is 0 Å². The molecule has 4 rings (SSSR count). The van der Waals surface area contributed by atoms with Gasteiger partial charge >= 0.3 is 0 Å². The second-order valence-electron chi connectivity index (χ2n) is 6.77. The lowest BCUT2D eigenvalue weighted by Crippen LogP contribution is -2.43. The highest BCUT2D eigenvalue weighted by molar-refractivity contribution is 5.66. The first kappa shape index (κ1) is 17.0. The van der Waals surface area contributed by atoms with E-state index < -0.39 is 5.95 Å². The van der Waals surface area contributed by atoms with Gasteiger partial charge in [0.15, 0.2) is 0 Å². The summed E-state index contributed by atoms with van der Waals surface area (Å²) in [6.07, 6.45) is 6.07. The average molecular weight is 362 g/mol. The zero-order valence-electron chi connectivity index (χ0n) is 15.2. The molecule has 4 heterocycles. The van der Waals surface area contributed by atoms with Crippen LogP contribution in [0.4, 0.5) is 4.39 Å². The Balaban J connectivity index is 1.65. The molecule has 0 spiro atoms. The topological polar surface area (TPSA) is 76.9 Å². The molecule has 2 aromatic heterocycles. The van der Waals surface area contributed by atoms with Gasteiger partial charge in [-0.2, -0.15) is 9.65 Å². The van der Waals surface area contributed by atoms with E-state index in [0.29, 0.717) is 12.2 Å². The third kappa shape index (κ3) is 3.22. The lowest BCUT2D eigenvalue weighted by atomic mass is 9.98. The zero-order valence-corrected chi connectivity index (χ0v) is 15.2. The van der Waals surface area contributed by atoms with Gasteiger partial charge in [-0.1, -0.05) is 0 Å². The predicted molar refractivity (Wildman–Crippen MR) is 98.9 cm³/mol. The van der Waals surface area contributed by atoms with E-state index in [1.54, 1.807) is 6.20 Å². The molecule has 2 aliphatic heterocycles. The highest BCUT2D eigenvalue weighted by Gasteiger charge is 2.23. The number of hydrogen-bond donors (Lipinski definition) is 2. The fraction of sp³-hybridized carbons (Fsp3) is 0.250. The molecule has 0 atom stereocenters. The molecule has 0 saturated carbocycles. The van der Waals surface area contributed by atoms with Crippen molar-refractivity contribution in [1.82, 2.24) is 25.7 Å². The van der Waals surface area contributed by atoms with Gasteiger partial charge in [-0.3, -0.25) is 15.8 Å². The summed E-state index contributed by atoms with van der Waals surface area (Å²) in [6, 6.07) is 5.65. The van der Waals surface area contributed by atoms with Gasteiger partial charge < -0.3 is 4.90 Å². The number of nitrogens with one attached hydrogen (secondary N) is 2. The number of aromatic nitrogens is 2. The van der Waals surface area contributed by atoms with Crippen LogP contribution in [0, 0.1) is 24.2 Å². The van der Waals surface area contributed by atoms with E-state index in [0.717, 1.165) is 52.3 Å². The van der Waals surface area contributed by atoms with Gasteiger partial charge in [-0.25, -0.2) is 4.98 Å². The standard InChI is InChI=1S/C20H19FN6/c1-12-6-19(21)24-10-17(12)14-7-15-11-27(4-3-18(15)23-9-14)20-13(2)5-16(8-22)25-26-20/h5-7,9-10,25-26H,3-4,11H2,1-2H3. The van der Waals surface area contributed by atoms with Crippen LogP contribution in [-0.2, 0) is 13.0 Å². The number of nitrogens with zero attached hydrogens (tertiary/aromatic N) is 4. The van der Waals surface area contributed by atoms with Crippen molar-refractivity contribution in [3.8, 4) is 17.2 Å². The van der Waals surface area contributed by atoms with Crippen LogP contribution in [0.3, 0.4) is 0 Å². The zero-order chi connectivity index (χ0) is 19.0. The quantitative estimate of drug-likeness (QED) is 0.800. The van der Waals surface area contributed by atoms with E-state index in [1.165, 1.54) is 6.07 Å². The number of fused-ring (bicyclic) bond motifs is 1. The number of nitriles is 1. The van der Waals surface area contributed by atoms with Crippen LogP contribution in [0.5, 0.6) is 0 Å². The molecule has 0 aromatic carbocycles. The number of hydrogen-bond acceptors (Lipinski definition) is 6. The lowest BCUT2D eigenvalue weighted by molar-refractivity contribution is 0.284. The van der Waals surface area contributed by atoms with Crippen molar-refractivity contribution >= 4 is 0 Å². The molecule has 2 aliphatic rings. The van der Waals surface area contributed by atoms with Crippen LogP contribution >= 0.6 is 0 Å². The van der Waals surface area contributed by atoms with E-state index in [-0.39, 0.29) is 0 Å². The van der Waals surface area contributed by atoms with E-state index in [9.17, 15) is 4.39 Å². The normalized spacial score (nSPS) is 16.1. The first-order valence-corrected chi connectivity index (χ1v) is 8.75. The average Bonchev–Trinajstić information content (AvgIpc) is 2.67. The Morgan fingerprint density at radius 2 is 2.04 bits per heavy atom. The number of aryl methyl sites for hydroxylation is 1. The third-order valence-electron chi connectivity index (χ3n) is 4.91. The molecule has 0 saturated heterocycles. The van der Waals surface area contributed by atoms with E-state index in [4.69, 9.17) is 5.26 Å². The van der Waals surface area contributed by atoms with Crippen molar-refractivity contribution < 1.29 is 4.39 Å². The monoisotopic (exact) mass is 362 g/mol. The summed E-state index contributed by atoms with van der Waals surface area (Å²) in [5.74, 6) is 0.487. The Hall–Kier alpha value is -3.40. The number of pyridine rings is 2. The molecule has 0 amide bonds. The van der Waals surface area contributed by atoms with E-state index in [1.807, 2.05) is 26.1 Å². The highest BCUT2D eigenvalue weighted by atomic mass is 19.1. The molecule has 6 nitrogen and oxygen atoms in total. The maximum Gasteiger partial charge on any atom is 0.213 e. The second-order valence-corrected chi connectivity index (χ2v) is 6.77. The van der Waals surface area contributed by atoms with Crippen LogP contribution in [-0.4, -0.2) is 21.4 Å². The van der Waals surface area contributed by atoms with E-state index >= 15 is 0 Å². The van der Waals surface area contributed by atoms with Crippen LogP contribution in [0.1, 0.15) is 23.7 Å². The number of halogens is 1. The molecule has 0 fully saturated rings. The minimum Gasteiger partial charge on any atom is -0.352 e. The molecule has 0 radical (unpaired) electrons. The van der Waals surface area contributed by atoms with Gasteiger partial charge in [-0.05, 0) is 48.8 Å². The summed E-state index contributed by atoms with van der Waals surface area (Å²) >= 11 is 0. The summed E-state index contributed by atoms with van der Waals surface area (Å²) in [6.45, 7) is 5.41. The molecule has 2 N–H and O–H groups in total. The van der Waals surface area contributed by atoms with E-state index in [2.05, 4.69) is 37.9 Å². The molecular weight excluding hydrogens is 343 g/mol. The SMILES string of the molecule is CC1=C(N2CCc3ncc(-c4cnc(F)cc4C)cc3C2)NNC(C#N)=C1.